The zero-order valence-corrected chi connectivity index (χ0v) is 54.3. The standard InChI is InChI=1S/C11H15NO4.C10H15NO4.C9H14N2O4.C8H16N6O2.C8H14N2O3S.C7H14N6O2/c1-12(4-3-5-16-2)9-6-8(13)7-10(14)11(9)15;1-11(4-3-5-14-2)8-6-15-7-9(12)10(8)13;1-11(4-3-5-15-2)6-7(12)9(14)10-8(6)13;1-14(4-3-5-16-2)8(15)9-6-7-10-12-13-11-7;1-10(4-3-5-13-2)7-6(11)9-8(12)14-7;1-13(4-3-5-15-2)7(14)8-6-9-11-12-10-6/h6-7,14H,3-5H2,1-2H3;6-7,12H,3-5H2,1-2H3;3-5H2,1-2H3,(H2,10,12,13,14);3-6H2,1-2H3,(H,9,15)(H,10,11,12,13);7H,3-5H2,1-2H3,(H,9,11,12);3-5H2,1-2H3,(H2,8,9,10,11,12,14). The van der Waals surface area contributed by atoms with Crippen LogP contribution in [0.3, 0.4) is 0 Å². The predicted molar refractivity (Wildman–Crippen MR) is 328 cm³/mol. The predicted octanol–water partition coefficient (Wildman–Crippen LogP) is -0.0276. The van der Waals surface area contributed by atoms with Crippen molar-refractivity contribution in [2.45, 2.75) is 50.4 Å². The van der Waals surface area contributed by atoms with Crippen LogP contribution in [-0.4, -0.2) is 297 Å². The number of H-pyrrole nitrogens is 2. The second-order valence-electron chi connectivity index (χ2n) is 19.3. The number of nitrogens with one attached hydrogen (secondary N) is 6. The number of Topliss-reactive ketones (excluding diaryl/α,β-unsaturated/α-hetero) is 1. The van der Waals surface area contributed by atoms with E-state index in [1.165, 1.54) is 22.1 Å². The molecule has 2 aliphatic heterocycles. The van der Waals surface area contributed by atoms with E-state index in [0.717, 1.165) is 62.7 Å². The first-order chi connectivity index (χ1) is 43.4. The van der Waals surface area contributed by atoms with Crippen LogP contribution in [0.2, 0.25) is 0 Å². The Labute approximate surface area is 530 Å². The number of carbonyl (C=O) groups excluding carboxylic acids is 8. The first-order valence-corrected chi connectivity index (χ1v) is 28.9. The number of allylic oxidation sites excluding steroid dienone is 2. The zero-order chi connectivity index (χ0) is 68.3. The monoisotopic (exact) mass is 1310 g/mol. The molecule has 510 valence electrons. The Kier molecular flexibility index (Phi) is 41.0. The molecule has 6 rings (SSSR count). The molecule has 3 aromatic heterocycles. The number of thioether (sulfide) groups is 1. The molecular formula is C53H88N18O19S. The minimum absolute atomic E-state index is 0.0242. The number of aliphatic hydroxyl groups is 2. The summed E-state index contributed by atoms with van der Waals surface area (Å²) in [5, 5.41) is 62.4. The summed E-state index contributed by atoms with van der Waals surface area (Å²) in [5.41, 5.74) is 0.185. The van der Waals surface area contributed by atoms with Gasteiger partial charge in [0.1, 0.15) is 23.6 Å². The van der Waals surface area contributed by atoms with Crippen LogP contribution >= 0.6 is 11.8 Å². The SMILES string of the molecule is COCCCN(C)C(=O)NCc1nn[nH]n1.COCCCN(C)C(=O)Nc1nn[nH]n1.COCCCN(C)C1=C(O)C(=O)NC1=O.COCCCN(C)C1=CC(=O)C=C(O)C1=O.COCCCN(C)C1SC(=O)NC1=O.COCCCN(C)c1cocc(O)c1=O. The Morgan fingerprint density at radius 1 is 0.604 bits per heavy atom. The van der Waals surface area contributed by atoms with E-state index in [1.807, 2.05) is 17.3 Å². The summed E-state index contributed by atoms with van der Waals surface area (Å²) < 4.78 is 34.2. The van der Waals surface area contributed by atoms with E-state index in [2.05, 4.69) is 57.2 Å². The number of ether oxygens (including phenoxy) is 6. The topological polar surface area (TPSA) is 459 Å². The van der Waals surface area contributed by atoms with Crippen LogP contribution in [0.15, 0.2) is 56.8 Å². The third kappa shape index (κ3) is 32.1. The number of hydrogen-bond acceptors (Lipinski definition) is 30. The molecule has 5 heterocycles. The van der Waals surface area contributed by atoms with Crippen LogP contribution < -0.4 is 31.6 Å². The second kappa shape index (κ2) is 46.4. The minimum atomic E-state index is -0.742. The highest BCUT2D eigenvalue weighted by atomic mass is 32.2. The van der Waals surface area contributed by atoms with Gasteiger partial charge in [-0.15, -0.1) is 15.3 Å². The number of urea groups is 2. The molecule has 0 aromatic carbocycles. The van der Waals surface area contributed by atoms with Crippen LogP contribution in [0, 0.1) is 0 Å². The van der Waals surface area contributed by atoms with Crippen molar-refractivity contribution < 1.29 is 86.5 Å². The van der Waals surface area contributed by atoms with E-state index >= 15 is 0 Å². The van der Waals surface area contributed by atoms with Gasteiger partial charge in [-0.25, -0.2) is 9.59 Å². The Balaban J connectivity index is 0.000000546. The van der Waals surface area contributed by atoms with Crippen molar-refractivity contribution in [3.8, 4) is 5.75 Å². The number of rotatable bonds is 31. The lowest BCUT2D eigenvalue weighted by atomic mass is 10.1. The number of aromatic hydroxyl groups is 1. The maximum absolute atomic E-state index is 11.5. The number of amides is 8. The normalized spacial score (nSPS) is 13.9. The van der Waals surface area contributed by atoms with E-state index < -0.39 is 34.5 Å². The van der Waals surface area contributed by atoms with Gasteiger partial charge in [0.2, 0.25) is 22.7 Å². The van der Waals surface area contributed by atoms with Gasteiger partial charge < -0.3 is 78.0 Å². The Bertz CT molecular complexity index is 2830. The number of aromatic amines is 2. The fourth-order valence-corrected chi connectivity index (χ4v) is 8.08. The van der Waals surface area contributed by atoms with Gasteiger partial charge in [0.15, 0.2) is 23.1 Å². The van der Waals surface area contributed by atoms with E-state index in [0.29, 0.717) is 90.3 Å². The molecule has 0 saturated carbocycles. The van der Waals surface area contributed by atoms with Crippen LogP contribution in [0.4, 0.5) is 26.0 Å². The Morgan fingerprint density at radius 2 is 1.11 bits per heavy atom. The molecule has 1 aliphatic carbocycles. The average molecular weight is 1310 g/mol. The minimum Gasteiger partial charge on any atom is -0.504 e. The number of imide groups is 2. The van der Waals surface area contributed by atoms with Gasteiger partial charge in [-0.05, 0) is 62.5 Å². The number of anilines is 2. The fraction of sp³-hybridized carbons (Fsp3) is 0.604. The number of aliphatic hydroxyl groups excluding tert-OH is 2. The molecule has 1 atom stereocenters. The third-order valence-corrected chi connectivity index (χ3v) is 13.2. The molecule has 3 aliphatic rings. The average Bonchev–Trinajstić information content (AvgIpc) is 2.16. The van der Waals surface area contributed by atoms with E-state index in [9.17, 15) is 53.4 Å². The molecule has 0 spiro atoms. The molecular weight excluding hydrogens is 1220 g/mol. The van der Waals surface area contributed by atoms with Crippen molar-refractivity contribution in [1.29, 1.82) is 0 Å². The summed E-state index contributed by atoms with van der Waals surface area (Å²) in [4.78, 5) is 111. The number of tetrazole rings is 2. The van der Waals surface area contributed by atoms with Crippen molar-refractivity contribution in [3.63, 3.8) is 0 Å². The molecule has 1 saturated heterocycles. The van der Waals surface area contributed by atoms with Gasteiger partial charge >= 0.3 is 12.1 Å². The van der Waals surface area contributed by atoms with Gasteiger partial charge in [0.05, 0.1) is 12.2 Å². The lowest BCUT2D eigenvalue weighted by Crippen LogP contribution is -2.37. The number of methoxy groups -OCH3 is 6. The van der Waals surface area contributed by atoms with Crippen molar-refractivity contribution in [3.05, 3.63) is 63.6 Å². The molecule has 8 amide bonds. The highest BCUT2D eigenvalue weighted by molar-refractivity contribution is 8.15. The van der Waals surface area contributed by atoms with Crippen molar-refractivity contribution >= 4 is 70.0 Å². The van der Waals surface area contributed by atoms with E-state index in [4.69, 9.17) is 37.9 Å². The summed E-state index contributed by atoms with van der Waals surface area (Å²) in [6, 6.07) is -0.437. The van der Waals surface area contributed by atoms with Gasteiger partial charge in [0, 0.05) is 169 Å². The molecule has 9 N–H and O–H groups in total. The lowest BCUT2D eigenvalue weighted by Gasteiger charge is -2.22. The quantitative estimate of drug-likeness (QED) is 0.0232. The van der Waals surface area contributed by atoms with Crippen LogP contribution in [0.1, 0.15) is 44.3 Å². The maximum atomic E-state index is 11.5. The van der Waals surface area contributed by atoms with Crippen molar-refractivity contribution in [2.75, 3.05) is 174 Å². The molecule has 1 unspecified atom stereocenters. The van der Waals surface area contributed by atoms with Crippen LogP contribution in [0.5, 0.6) is 5.75 Å². The third-order valence-electron chi connectivity index (χ3n) is 12.1. The summed E-state index contributed by atoms with van der Waals surface area (Å²) in [6.07, 6.45) is 9.22. The molecule has 0 bridgehead atoms. The molecule has 91 heavy (non-hydrogen) atoms. The number of nitrogens with zero attached hydrogens (tertiary/aromatic N) is 12. The summed E-state index contributed by atoms with van der Waals surface area (Å²) >= 11 is 1.03. The summed E-state index contributed by atoms with van der Waals surface area (Å²) in [6.45, 7) is 7.77. The van der Waals surface area contributed by atoms with Crippen molar-refractivity contribution in [1.82, 2.24) is 81.7 Å². The van der Waals surface area contributed by atoms with Crippen LogP contribution in [0.25, 0.3) is 0 Å². The molecule has 37 nitrogen and oxygen atoms in total. The number of hydrogen-bond donors (Lipinski definition) is 9. The lowest BCUT2D eigenvalue weighted by molar-refractivity contribution is -0.125. The zero-order valence-electron chi connectivity index (χ0n) is 53.5. The smallest absolute Gasteiger partial charge is 0.324 e. The Morgan fingerprint density at radius 3 is 1.59 bits per heavy atom. The second-order valence-corrected chi connectivity index (χ2v) is 20.4. The Hall–Kier alpha value is -8.66. The van der Waals surface area contributed by atoms with E-state index in [-0.39, 0.29) is 64.0 Å². The molecule has 0 radical (unpaired) electrons. The van der Waals surface area contributed by atoms with E-state index in [1.54, 1.807) is 92.6 Å². The first-order valence-electron chi connectivity index (χ1n) is 28.0. The number of ketones is 2. The molecule has 38 heteroatoms. The number of likely N-dealkylation sites (N-methyl/N-ethyl adjacent to an activating group) is 3. The number of aromatic nitrogens is 8. The maximum Gasteiger partial charge on any atom is 0.324 e. The van der Waals surface area contributed by atoms with Crippen molar-refractivity contribution in [2.24, 2.45) is 0 Å². The molecule has 3 aromatic rings. The highest BCUT2D eigenvalue weighted by Crippen LogP contribution is 2.22. The van der Waals surface area contributed by atoms with Gasteiger partial charge in [0.25, 0.3) is 28.9 Å². The largest absolute Gasteiger partial charge is 0.504 e. The van der Waals surface area contributed by atoms with Gasteiger partial charge in [-0.1, -0.05) is 10.3 Å². The first kappa shape index (κ1) is 80.4. The highest BCUT2D eigenvalue weighted by Gasteiger charge is 2.35. The number of carbonyl (C=O) groups is 8. The summed E-state index contributed by atoms with van der Waals surface area (Å²) in [7, 11) is 20.1. The molecule has 1 fully saturated rings. The fourth-order valence-electron chi connectivity index (χ4n) is 7.26. The van der Waals surface area contributed by atoms with Crippen LogP contribution in [-0.2, 0) is 58.9 Å². The summed E-state index contributed by atoms with van der Waals surface area (Å²) in [5.74, 6) is -3.17. The van der Waals surface area contributed by atoms with Gasteiger partial charge in [-0.3, -0.25) is 54.4 Å². The van der Waals surface area contributed by atoms with Gasteiger partial charge in [-0.2, -0.15) is 10.4 Å².